The van der Waals surface area contributed by atoms with Gasteiger partial charge in [-0.2, -0.15) is 0 Å². The number of likely N-dealkylation sites (N-methyl/N-ethyl adjacent to an activating group) is 2. The van der Waals surface area contributed by atoms with Crippen LogP contribution in [0.5, 0.6) is 0 Å². The van der Waals surface area contributed by atoms with Crippen LogP contribution < -0.4 is 5.32 Å². The fraction of sp³-hybridized carbons (Fsp3) is 0.533. The summed E-state index contributed by atoms with van der Waals surface area (Å²) in [6.07, 6.45) is 0.895. The monoisotopic (exact) mass is 261 g/mol. The van der Waals surface area contributed by atoms with Crippen molar-refractivity contribution in [1.29, 1.82) is 0 Å². The summed E-state index contributed by atoms with van der Waals surface area (Å²) in [6.45, 7) is 4.48. The largest absolute Gasteiger partial charge is 0.336 e. The Labute approximate surface area is 115 Å². The second kappa shape index (κ2) is 6.68. The molecule has 19 heavy (non-hydrogen) atoms. The van der Waals surface area contributed by atoms with Gasteiger partial charge in [-0.3, -0.25) is 4.79 Å². The predicted octanol–water partition coefficient (Wildman–Crippen LogP) is 0.836. The highest BCUT2D eigenvalue weighted by Gasteiger charge is 2.21. The Bertz CT molecular complexity index is 425. The molecule has 4 heteroatoms. The minimum Gasteiger partial charge on any atom is -0.336 e. The summed E-state index contributed by atoms with van der Waals surface area (Å²) < 4.78 is 0. The lowest BCUT2D eigenvalue weighted by molar-refractivity contribution is 0.0663. The van der Waals surface area contributed by atoms with Crippen molar-refractivity contribution in [1.82, 2.24) is 15.1 Å². The molecule has 4 nitrogen and oxygen atoms in total. The maximum Gasteiger partial charge on any atom is 0.254 e. The lowest BCUT2D eigenvalue weighted by Crippen LogP contribution is -2.47. The molecule has 0 bridgehead atoms. The van der Waals surface area contributed by atoms with Crippen LogP contribution in [-0.4, -0.2) is 62.5 Å². The van der Waals surface area contributed by atoms with Gasteiger partial charge in [-0.25, -0.2) is 0 Å². The molecule has 0 unspecified atom stereocenters. The molecule has 1 amide bonds. The number of nitrogens with zero attached hydrogens (tertiary/aromatic N) is 2. The summed E-state index contributed by atoms with van der Waals surface area (Å²) in [6, 6.07) is 7.96. The number of piperazine rings is 1. The van der Waals surface area contributed by atoms with Crippen LogP contribution >= 0.6 is 0 Å². The van der Waals surface area contributed by atoms with Gasteiger partial charge in [0.15, 0.2) is 0 Å². The van der Waals surface area contributed by atoms with Crippen molar-refractivity contribution >= 4 is 5.91 Å². The minimum atomic E-state index is 0.180. The fourth-order valence-electron chi connectivity index (χ4n) is 2.39. The van der Waals surface area contributed by atoms with E-state index in [1.807, 2.05) is 30.1 Å². The molecular weight excluding hydrogens is 238 g/mol. The van der Waals surface area contributed by atoms with Gasteiger partial charge in [0.05, 0.1) is 0 Å². The second-order valence-corrected chi connectivity index (χ2v) is 5.11. The first kappa shape index (κ1) is 14.0. The lowest BCUT2D eigenvalue weighted by atomic mass is 10.0. The molecule has 1 aromatic rings. The molecule has 0 radical (unpaired) electrons. The van der Waals surface area contributed by atoms with E-state index in [2.05, 4.69) is 23.3 Å². The standard InChI is InChI=1S/C15H23N3O/c1-16-8-7-13-5-3-4-6-14(13)15(19)18-11-9-17(2)10-12-18/h3-6,16H,7-12H2,1-2H3. The van der Waals surface area contributed by atoms with Crippen LogP contribution in [0.3, 0.4) is 0 Å². The smallest absolute Gasteiger partial charge is 0.254 e. The molecule has 0 atom stereocenters. The molecule has 104 valence electrons. The number of rotatable bonds is 4. The summed E-state index contributed by atoms with van der Waals surface area (Å²) in [5.74, 6) is 0.180. The van der Waals surface area contributed by atoms with Crippen molar-refractivity contribution in [2.75, 3.05) is 46.8 Å². The Morgan fingerprint density at radius 2 is 1.89 bits per heavy atom. The maximum atomic E-state index is 12.6. The van der Waals surface area contributed by atoms with Crippen LogP contribution in [0.25, 0.3) is 0 Å². The summed E-state index contributed by atoms with van der Waals surface area (Å²) >= 11 is 0. The molecule has 0 aliphatic carbocycles. The first-order valence-corrected chi connectivity index (χ1v) is 6.92. The third-order valence-electron chi connectivity index (χ3n) is 3.68. The van der Waals surface area contributed by atoms with Gasteiger partial charge in [0.1, 0.15) is 0 Å². The summed E-state index contributed by atoms with van der Waals surface area (Å²) in [5.41, 5.74) is 2.00. The van der Waals surface area contributed by atoms with E-state index in [0.717, 1.165) is 50.3 Å². The normalized spacial score (nSPS) is 16.6. The van der Waals surface area contributed by atoms with Crippen LogP contribution in [0.4, 0.5) is 0 Å². The molecule has 1 saturated heterocycles. The molecule has 1 fully saturated rings. The minimum absolute atomic E-state index is 0.180. The van der Waals surface area contributed by atoms with E-state index in [4.69, 9.17) is 0 Å². The van der Waals surface area contributed by atoms with Gasteiger partial charge in [0.25, 0.3) is 5.91 Å². The Morgan fingerprint density at radius 1 is 1.21 bits per heavy atom. The van der Waals surface area contributed by atoms with E-state index < -0.39 is 0 Å². The van der Waals surface area contributed by atoms with Gasteiger partial charge in [-0.15, -0.1) is 0 Å². The molecular formula is C15H23N3O. The number of carbonyl (C=O) groups is 1. The van der Waals surface area contributed by atoms with Crippen LogP contribution in [0.1, 0.15) is 15.9 Å². The SMILES string of the molecule is CNCCc1ccccc1C(=O)N1CCN(C)CC1. The van der Waals surface area contributed by atoms with Crippen molar-refractivity contribution in [3.8, 4) is 0 Å². The maximum absolute atomic E-state index is 12.6. The Kier molecular flexibility index (Phi) is 4.93. The molecule has 1 N–H and O–H groups in total. The van der Waals surface area contributed by atoms with Gasteiger partial charge in [-0.1, -0.05) is 18.2 Å². The van der Waals surface area contributed by atoms with E-state index >= 15 is 0 Å². The summed E-state index contributed by atoms with van der Waals surface area (Å²) in [5, 5.41) is 3.14. The first-order chi connectivity index (χ1) is 9.22. The van der Waals surface area contributed by atoms with Crippen molar-refractivity contribution in [2.45, 2.75) is 6.42 Å². The molecule has 0 spiro atoms. The highest BCUT2D eigenvalue weighted by molar-refractivity contribution is 5.95. The van der Waals surface area contributed by atoms with Gasteiger partial charge < -0.3 is 15.1 Å². The van der Waals surface area contributed by atoms with Crippen molar-refractivity contribution in [3.05, 3.63) is 35.4 Å². The number of benzene rings is 1. The van der Waals surface area contributed by atoms with E-state index in [9.17, 15) is 4.79 Å². The Balaban J connectivity index is 2.09. The molecule has 1 aliphatic rings. The third-order valence-corrected chi connectivity index (χ3v) is 3.68. The number of nitrogens with one attached hydrogen (secondary N) is 1. The van der Waals surface area contributed by atoms with Crippen molar-refractivity contribution in [3.63, 3.8) is 0 Å². The number of hydrogen-bond donors (Lipinski definition) is 1. The Hall–Kier alpha value is -1.39. The average Bonchev–Trinajstić information content (AvgIpc) is 2.45. The molecule has 1 heterocycles. The number of amides is 1. The topological polar surface area (TPSA) is 35.6 Å². The highest BCUT2D eigenvalue weighted by Crippen LogP contribution is 2.14. The zero-order valence-corrected chi connectivity index (χ0v) is 11.9. The lowest BCUT2D eigenvalue weighted by Gasteiger charge is -2.32. The molecule has 0 saturated carbocycles. The molecule has 1 aromatic carbocycles. The van der Waals surface area contributed by atoms with Crippen molar-refractivity contribution < 1.29 is 4.79 Å². The third kappa shape index (κ3) is 3.55. The number of carbonyl (C=O) groups excluding carboxylic acids is 1. The zero-order chi connectivity index (χ0) is 13.7. The van der Waals surface area contributed by atoms with Crippen LogP contribution in [0.2, 0.25) is 0 Å². The average molecular weight is 261 g/mol. The highest BCUT2D eigenvalue weighted by atomic mass is 16.2. The van der Waals surface area contributed by atoms with Crippen molar-refractivity contribution in [2.24, 2.45) is 0 Å². The molecule has 1 aliphatic heterocycles. The van der Waals surface area contributed by atoms with E-state index in [0.29, 0.717) is 0 Å². The van der Waals surface area contributed by atoms with E-state index in [1.165, 1.54) is 0 Å². The fourth-order valence-corrected chi connectivity index (χ4v) is 2.39. The van der Waals surface area contributed by atoms with Gasteiger partial charge in [0.2, 0.25) is 0 Å². The van der Waals surface area contributed by atoms with Crippen LogP contribution in [0, 0.1) is 0 Å². The van der Waals surface area contributed by atoms with Gasteiger partial charge in [0, 0.05) is 31.7 Å². The van der Waals surface area contributed by atoms with Crippen LogP contribution in [-0.2, 0) is 6.42 Å². The first-order valence-electron chi connectivity index (χ1n) is 6.92. The molecule has 0 aromatic heterocycles. The number of hydrogen-bond acceptors (Lipinski definition) is 3. The zero-order valence-electron chi connectivity index (χ0n) is 11.9. The molecule has 2 rings (SSSR count). The van der Waals surface area contributed by atoms with Gasteiger partial charge >= 0.3 is 0 Å². The summed E-state index contributed by atoms with van der Waals surface area (Å²) in [4.78, 5) is 16.8. The summed E-state index contributed by atoms with van der Waals surface area (Å²) in [7, 11) is 4.04. The van der Waals surface area contributed by atoms with Gasteiger partial charge in [-0.05, 0) is 38.7 Å². The predicted molar refractivity (Wildman–Crippen MR) is 77.5 cm³/mol. The van der Waals surface area contributed by atoms with Crippen LogP contribution in [0.15, 0.2) is 24.3 Å². The van der Waals surface area contributed by atoms with E-state index in [1.54, 1.807) is 0 Å². The Morgan fingerprint density at radius 3 is 2.58 bits per heavy atom. The quantitative estimate of drug-likeness (QED) is 0.872. The van der Waals surface area contributed by atoms with E-state index in [-0.39, 0.29) is 5.91 Å². The second-order valence-electron chi connectivity index (χ2n) is 5.11.